The number of aliphatic hydroxyl groups excluding tert-OH is 1. The fourth-order valence-electron chi connectivity index (χ4n) is 0.920. The molecule has 0 aliphatic heterocycles. The van der Waals surface area contributed by atoms with E-state index >= 15 is 0 Å². The molecule has 0 saturated carbocycles. The first-order chi connectivity index (χ1) is 5.99. The Labute approximate surface area is 75.4 Å². The molecule has 1 unspecified atom stereocenters. The Morgan fingerprint density at radius 2 is 2.00 bits per heavy atom. The third-order valence-electron chi connectivity index (χ3n) is 1.66. The van der Waals surface area contributed by atoms with E-state index in [-0.39, 0.29) is 12.8 Å². The zero-order valence-electron chi connectivity index (χ0n) is 7.27. The van der Waals surface area contributed by atoms with Gasteiger partial charge in [0, 0.05) is 6.42 Å². The molecule has 74 valence electrons. The number of ketones is 1. The van der Waals surface area contributed by atoms with Crippen LogP contribution in [0.2, 0.25) is 0 Å². The van der Waals surface area contributed by atoms with Gasteiger partial charge >= 0.3 is 5.97 Å². The molecule has 0 spiro atoms. The van der Waals surface area contributed by atoms with Gasteiger partial charge in [-0.3, -0.25) is 9.59 Å². The van der Waals surface area contributed by atoms with Crippen molar-refractivity contribution < 1.29 is 24.6 Å². The Hall–Kier alpha value is -1.23. The molecule has 5 heteroatoms. The van der Waals surface area contributed by atoms with E-state index < -0.39 is 23.8 Å². The highest BCUT2D eigenvalue weighted by molar-refractivity contribution is 5.96. The minimum absolute atomic E-state index is 0.142. The highest BCUT2D eigenvalue weighted by atomic mass is 16.4. The highest BCUT2D eigenvalue weighted by Crippen LogP contribution is 2.10. The Bertz CT molecular complexity index is 197. The van der Waals surface area contributed by atoms with E-state index in [2.05, 4.69) is 0 Å². The summed E-state index contributed by atoms with van der Waals surface area (Å²) in [6, 6.07) is 0. The summed E-state index contributed by atoms with van der Waals surface area (Å²) in [4.78, 5) is 31.1. The summed E-state index contributed by atoms with van der Waals surface area (Å²) in [5.74, 6) is -3.00. The lowest BCUT2D eigenvalue weighted by Crippen LogP contribution is -2.26. The number of carbonyl (C=O) groups is 3. The number of Topliss-reactive ketones (excluding diaryl/α,β-unsaturated/α-hetero) is 1. The highest BCUT2D eigenvalue weighted by Gasteiger charge is 2.25. The van der Waals surface area contributed by atoms with Gasteiger partial charge in [0.05, 0.1) is 6.10 Å². The molecule has 0 aliphatic rings. The topological polar surface area (TPSA) is 91.7 Å². The Balaban J connectivity index is 4.17. The lowest BCUT2D eigenvalue weighted by atomic mass is 9.97. The second-order valence-corrected chi connectivity index (χ2v) is 2.79. The summed E-state index contributed by atoms with van der Waals surface area (Å²) < 4.78 is 0. The van der Waals surface area contributed by atoms with Crippen molar-refractivity contribution in [3.8, 4) is 0 Å². The lowest BCUT2D eigenvalue weighted by molar-refractivity contribution is -0.147. The number of carbonyl (C=O) groups excluding carboxylic acids is 2. The summed E-state index contributed by atoms with van der Waals surface area (Å²) in [5.41, 5.74) is 0. The molecule has 0 aromatic carbocycles. The molecule has 0 heterocycles. The summed E-state index contributed by atoms with van der Waals surface area (Å²) in [5, 5.41) is 17.6. The fraction of sp³-hybridized carbons (Fsp3) is 0.625. The van der Waals surface area contributed by atoms with Gasteiger partial charge in [-0.1, -0.05) is 0 Å². The van der Waals surface area contributed by atoms with Crippen molar-refractivity contribution in [2.45, 2.75) is 25.9 Å². The van der Waals surface area contributed by atoms with E-state index in [0.29, 0.717) is 6.29 Å². The number of rotatable bonds is 6. The standard InChI is InChI=1S/C8H12O5/c1-5(10)7(8(12)13)4-6(11)2-3-9/h3,6-7,11H,2,4H2,1H3,(H,12,13)/t6-,7?/m1/s1. The molecule has 5 nitrogen and oxygen atoms in total. The quantitative estimate of drug-likeness (QED) is 0.437. The fourth-order valence-corrected chi connectivity index (χ4v) is 0.920. The number of carboxylic acids is 1. The first-order valence-corrected chi connectivity index (χ1v) is 3.84. The van der Waals surface area contributed by atoms with Gasteiger partial charge in [-0.15, -0.1) is 0 Å². The molecular weight excluding hydrogens is 176 g/mol. The summed E-state index contributed by atoms with van der Waals surface area (Å²) >= 11 is 0. The van der Waals surface area contributed by atoms with Gasteiger partial charge in [-0.05, 0) is 13.3 Å². The zero-order chi connectivity index (χ0) is 10.4. The molecule has 0 aliphatic carbocycles. The van der Waals surface area contributed by atoms with Gasteiger partial charge in [0.15, 0.2) is 0 Å². The minimum atomic E-state index is -1.27. The van der Waals surface area contributed by atoms with Gasteiger partial charge in [0.2, 0.25) is 0 Å². The predicted molar refractivity (Wildman–Crippen MR) is 43.1 cm³/mol. The van der Waals surface area contributed by atoms with Crippen LogP contribution in [-0.4, -0.2) is 34.4 Å². The molecule has 0 rings (SSSR count). The normalized spacial score (nSPS) is 14.6. The molecule has 0 aromatic heterocycles. The van der Waals surface area contributed by atoms with Crippen LogP contribution >= 0.6 is 0 Å². The van der Waals surface area contributed by atoms with E-state index in [9.17, 15) is 14.4 Å². The first-order valence-electron chi connectivity index (χ1n) is 3.84. The number of aliphatic hydroxyl groups is 1. The maximum absolute atomic E-state index is 10.7. The maximum atomic E-state index is 10.7. The van der Waals surface area contributed by atoms with E-state index in [1.54, 1.807) is 0 Å². The summed E-state index contributed by atoms with van der Waals surface area (Å²) in [6.07, 6.45) is -0.910. The number of aliphatic carboxylic acids is 1. The van der Waals surface area contributed by atoms with Gasteiger partial charge in [-0.25, -0.2) is 0 Å². The van der Waals surface area contributed by atoms with Crippen LogP contribution in [0.5, 0.6) is 0 Å². The molecule has 0 radical (unpaired) electrons. The third-order valence-corrected chi connectivity index (χ3v) is 1.66. The average Bonchev–Trinajstić information content (AvgIpc) is 1.99. The summed E-state index contributed by atoms with van der Waals surface area (Å²) in [6.45, 7) is 1.15. The van der Waals surface area contributed by atoms with E-state index in [1.807, 2.05) is 0 Å². The molecule has 0 aromatic rings. The lowest BCUT2D eigenvalue weighted by Gasteiger charge is -2.11. The largest absolute Gasteiger partial charge is 0.481 e. The van der Waals surface area contributed by atoms with Crippen LogP contribution in [0, 0.1) is 5.92 Å². The van der Waals surface area contributed by atoms with Gasteiger partial charge in [0.1, 0.15) is 18.0 Å². The second kappa shape index (κ2) is 5.42. The van der Waals surface area contributed by atoms with Gasteiger partial charge in [0.25, 0.3) is 0 Å². The van der Waals surface area contributed by atoms with Crippen molar-refractivity contribution in [1.82, 2.24) is 0 Å². The van der Waals surface area contributed by atoms with Crippen LogP contribution in [-0.2, 0) is 14.4 Å². The van der Waals surface area contributed by atoms with Crippen LogP contribution in [0.15, 0.2) is 0 Å². The molecule has 0 saturated heterocycles. The van der Waals surface area contributed by atoms with Crippen molar-refractivity contribution in [1.29, 1.82) is 0 Å². The molecule has 13 heavy (non-hydrogen) atoms. The Kier molecular flexibility index (Phi) is 4.91. The summed E-state index contributed by atoms with van der Waals surface area (Å²) in [7, 11) is 0. The number of hydrogen-bond donors (Lipinski definition) is 2. The Morgan fingerprint density at radius 1 is 1.46 bits per heavy atom. The van der Waals surface area contributed by atoms with Gasteiger partial charge in [-0.2, -0.15) is 0 Å². The van der Waals surface area contributed by atoms with Gasteiger partial charge < -0.3 is 15.0 Å². The SMILES string of the molecule is CC(=O)C(C[C@H](O)CC=O)C(=O)O. The first kappa shape index (κ1) is 11.8. The van der Waals surface area contributed by atoms with Crippen LogP contribution in [0.3, 0.4) is 0 Å². The van der Waals surface area contributed by atoms with Crippen molar-refractivity contribution in [3.05, 3.63) is 0 Å². The smallest absolute Gasteiger partial charge is 0.314 e. The molecule has 0 bridgehead atoms. The second-order valence-electron chi connectivity index (χ2n) is 2.79. The Morgan fingerprint density at radius 3 is 2.31 bits per heavy atom. The van der Waals surface area contributed by atoms with Crippen molar-refractivity contribution in [3.63, 3.8) is 0 Å². The average molecular weight is 188 g/mol. The van der Waals surface area contributed by atoms with E-state index in [4.69, 9.17) is 10.2 Å². The predicted octanol–water partition coefficient (Wildman–Crippen LogP) is -0.384. The van der Waals surface area contributed by atoms with Crippen molar-refractivity contribution in [2.75, 3.05) is 0 Å². The van der Waals surface area contributed by atoms with Crippen LogP contribution in [0.4, 0.5) is 0 Å². The van der Waals surface area contributed by atoms with E-state index in [0.717, 1.165) is 6.92 Å². The van der Waals surface area contributed by atoms with E-state index in [1.165, 1.54) is 0 Å². The maximum Gasteiger partial charge on any atom is 0.314 e. The number of carboxylic acid groups (broad SMARTS) is 1. The van der Waals surface area contributed by atoms with Crippen molar-refractivity contribution >= 4 is 18.0 Å². The van der Waals surface area contributed by atoms with Crippen LogP contribution in [0.25, 0.3) is 0 Å². The van der Waals surface area contributed by atoms with Crippen LogP contribution in [0.1, 0.15) is 19.8 Å². The van der Waals surface area contributed by atoms with Crippen molar-refractivity contribution in [2.24, 2.45) is 5.92 Å². The molecule has 2 atom stereocenters. The molecule has 0 fully saturated rings. The monoisotopic (exact) mass is 188 g/mol. The third kappa shape index (κ3) is 4.37. The molecule has 2 N–H and O–H groups in total. The minimum Gasteiger partial charge on any atom is -0.481 e. The molecule has 0 amide bonds. The number of aldehydes is 1. The number of hydrogen-bond acceptors (Lipinski definition) is 4. The zero-order valence-corrected chi connectivity index (χ0v) is 7.27. The van der Waals surface area contributed by atoms with Crippen LogP contribution < -0.4 is 0 Å². The molecular formula is C8H12O5.